The van der Waals surface area contributed by atoms with Crippen LogP contribution in [0.5, 0.6) is 23.0 Å². The molecule has 1 saturated heterocycles. The molecule has 7 heteroatoms. The maximum Gasteiger partial charge on any atom is 0.164 e. The molecule has 0 aromatic heterocycles. The number of anilines is 1. The van der Waals surface area contributed by atoms with Gasteiger partial charge in [-0.05, 0) is 134 Å². The van der Waals surface area contributed by atoms with Crippen LogP contribution in [-0.4, -0.2) is 59.0 Å². The number of rotatable bonds is 15. The Morgan fingerprint density at radius 1 is 0.741 bits per heavy atom. The van der Waals surface area contributed by atoms with Crippen molar-refractivity contribution in [3.63, 3.8) is 0 Å². The lowest BCUT2D eigenvalue weighted by molar-refractivity contribution is 0.223. The van der Waals surface area contributed by atoms with Gasteiger partial charge in [0.2, 0.25) is 0 Å². The molecule has 2 aliphatic carbocycles. The summed E-state index contributed by atoms with van der Waals surface area (Å²) in [4.78, 5) is 5.22. The van der Waals surface area contributed by atoms with E-state index in [1.54, 1.807) is 34.6 Å². The molecule has 4 aromatic rings. The Morgan fingerprint density at radius 2 is 1.37 bits per heavy atom. The third-order valence-electron chi connectivity index (χ3n) is 11.4. The summed E-state index contributed by atoms with van der Waals surface area (Å²) in [5.74, 6) is 4.37. The van der Waals surface area contributed by atoms with Gasteiger partial charge in [0.15, 0.2) is 23.0 Å². The summed E-state index contributed by atoms with van der Waals surface area (Å²) >= 11 is 0. The first-order valence-corrected chi connectivity index (χ1v) is 19.6. The first kappa shape index (κ1) is 37.4. The molecule has 284 valence electrons. The van der Waals surface area contributed by atoms with Crippen molar-refractivity contribution in [1.82, 2.24) is 4.90 Å². The molecule has 2 N–H and O–H groups in total. The monoisotopic (exact) mass is 727 g/mol. The Bertz CT molecular complexity index is 1990. The number of hydrogen-bond donors (Lipinski definition) is 1. The minimum Gasteiger partial charge on any atom is -0.493 e. The summed E-state index contributed by atoms with van der Waals surface area (Å²) in [5, 5.41) is 0. The zero-order valence-electron chi connectivity index (χ0n) is 33.0. The average Bonchev–Trinajstić information content (AvgIpc) is 4.14. The molecule has 0 amide bonds. The van der Waals surface area contributed by atoms with E-state index in [0.29, 0.717) is 17.9 Å². The van der Waals surface area contributed by atoms with Crippen LogP contribution in [0.4, 0.5) is 5.69 Å². The normalized spacial score (nSPS) is 17.0. The standard InChI is InChI=1S/C47H57N3O4/c1-31-10-16-40(17-11-31)50(30-33-8-7-9-36(23-33)37-24-42(34-12-13-34)46(53-5)44(26-37)51-3)41-18-20-49(21-19-41)29-32(2)22-39(28-48)38-25-43(35-14-15-35)47(54-6)45(27-38)52-4/h7-11,16-17,22-28,34-35,41H,12-15,18-21,29-30,48H2,1-6H3/b32-22+,39-28+. The van der Waals surface area contributed by atoms with Crippen LogP contribution in [0.25, 0.3) is 16.7 Å². The van der Waals surface area contributed by atoms with Gasteiger partial charge in [0.25, 0.3) is 0 Å². The predicted octanol–water partition coefficient (Wildman–Crippen LogP) is 9.87. The van der Waals surface area contributed by atoms with E-state index in [4.69, 9.17) is 24.7 Å². The van der Waals surface area contributed by atoms with Crippen molar-refractivity contribution in [2.75, 3.05) is 53.0 Å². The lowest BCUT2D eigenvalue weighted by atomic mass is 9.96. The quantitative estimate of drug-likeness (QED) is 0.122. The molecular weight excluding hydrogens is 671 g/mol. The second-order valence-electron chi connectivity index (χ2n) is 15.4. The van der Waals surface area contributed by atoms with Crippen LogP contribution in [0.15, 0.2) is 90.6 Å². The summed E-state index contributed by atoms with van der Waals surface area (Å²) < 4.78 is 23.1. The van der Waals surface area contributed by atoms with Crippen LogP contribution >= 0.6 is 0 Å². The van der Waals surface area contributed by atoms with Crippen molar-refractivity contribution in [1.29, 1.82) is 0 Å². The average molecular weight is 728 g/mol. The zero-order chi connectivity index (χ0) is 37.8. The van der Waals surface area contributed by atoms with Gasteiger partial charge in [0.1, 0.15) is 0 Å². The highest BCUT2D eigenvalue weighted by molar-refractivity contribution is 5.77. The highest BCUT2D eigenvalue weighted by atomic mass is 16.5. The number of likely N-dealkylation sites (tertiary alicyclic amines) is 1. The fourth-order valence-corrected chi connectivity index (χ4v) is 8.21. The van der Waals surface area contributed by atoms with E-state index >= 15 is 0 Å². The number of benzene rings is 4. The SMILES string of the molecule is COc1cc(C(/C=C(\C)CN2CCC(N(Cc3cccc(-c4cc(OC)c(OC)c(C5CC5)c4)c3)c3ccc(C)cc3)CC2)=C/N)cc(C2CC2)c1OC. The molecule has 54 heavy (non-hydrogen) atoms. The van der Waals surface area contributed by atoms with E-state index in [9.17, 15) is 0 Å². The number of hydrogen-bond acceptors (Lipinski definition) is 7. The van der Waals surface area contributed by atoms with Crippen molar-refractivity contribution in [3.8, 4) is 34.1 Å². The highest BCUT2D eigenvalue weighted by Gasteiger charge is 2.31. The molecular formula is C47H57N3O4. The van der Waals surface area contributed by atoms with Gasteiger partial charge in [-0.2, -0.15) is 0 Å². The minimum absolute atomic E-state index is 0.437. The predicted molar refractivity (Wildman–Crippen MR) is 221 cm³/mol. The molecule has 7 rings (SSSR count). The molecule has 0 spiro atoms. The molecule has 1 aliphatic heterocycles. The van der Waals surface area contributed by atoms with Gasteiger partial charge in [0, 0.05) is 55.2 Å². The number of nitrogens with two attached hydrogens (primary N) is 1. The summed E-state index contributed by atoms with van der Waals surface area (Å²) in [6.07, 6.45) is 10.9. The second-order valence-corrected chi connectivity index (χ2v) is 15.4. The summed E-state index contributed by atoms with van der Waals surface area (Å²) in [5.41, 5.74) is 18.3. The van der Waals surface area contributed by atoms with Gasteiger partial charge < -0.3 is 29.6 Å². The molecule has 2 saturated carbocycles. The molecule has 3 fully saturated rings. The Kier molecular flexibility index (Phi) is 11.5. The van der Waals surface area contributed by atoms with Crippen molar-refractivity contribution in [2.24, 2.45) is 5.73 Å². The zero-order valence-corrected chi connectivity index (χ0v) is 33.0. The maximum absolute atomic E-state index is 6.25. The molecule has 1 heterocycles. The number of allylic oxidation sites excluding steroid dienone is 2. The first-order chi connectivity index (χ1) is 26.3. The van der Waals surface area contributed by atoms with E-state index in [0.717, 1.165) is 73.2 Å². The minimum atomic E-state index is 0.437. The summed E-state index contributed by atoms with van der Waals surface area (Å²) in [7, 11) is 6.90. The van der Waals surface area contributed by atoms with E-state index in [2.05, 4.69) is 96.5 Å². The first-order valence-electron chi connectivity index (χ1n) is 19.6. The van der Waals surface area contributed by atoms with E-state index in [1.165, 1.54) is 70.3 Å². The van der Waals surface area contributed by atoms with Gasteiger partial charge in [0.05, 0.1) is 28.4 Å². The van der Waals surface area contributed by atoms with Crippen molar-refractivity contribution in [3.05, 3.63) is 118 Å². The molecule has 0 bridgehead atoms. The lowest BCUT2D eigenvalue weighted by Gasteiger charge is -2.40. The number of ether oxygens (including phenoxy) is 4. The summed E-state index contributed by atoms with van der Waals surface area (Å²) in [6, 6.07) is 27.3. The van der Waals surface area contributed by atoms with Crippen molar-refractivity contribution in [2.45, 2.75) is 76.8 Å². The molecule has 4 aromatic carbocycles. The number of nitrogens with zero attached hydrogens (tertiary/aromatic N) is 2. The largest absolute Gasteiger partial charge is 0.493 e. The molecule has 3 aliphatic rings. The van der Waals surface area contributed by atoms with E-state index in [-0.39, 0.29) is 0 Å². The van der Waals surface area contributed by atoms with Crippen molar-refractivity contribution < 1.29 is 18.9 Å². The maximum atomic E-state index is 6.25. The Hall–Kier alpha value is -4.88. The highest BCUT2D eigenvalue weighted by Crippen LogP contribution is 2.50. The van der Waals surface area contributed by atoms with Gasteiger partial charge >= 0.3 is 0 Å². The van der Waals surface area contributed by atoms with E-state index < -0.39 is 0 Å². The number of aryl methyl sites for hydroxylation is 1. The molecule has 0 radical (unpaired) electrons. The van der Waals surface area contributed by atoms with Gasteiger partial charge in [-0.15, -0.1) is 0 Å². The number of piperidine rings is 1. The Morgan fingerprint density at radius 3 is 1.96 bits per heavy atom. The third kappa shape index (κ3) is 8.42. The number of methoxy groups -OCH3 is 4. The topological polar surface area (TPSA) is 69.4 Å². The van der Waals surface area contributed by atoms with Crippen molar-refractivity contribution >= 4 is 11.3 Å². The molecule has 7 nitrogen and oxygen atoms in total. The second kappa shape index (κ2) is 16.6. The van der Waals surface area contributed by atoms with Crippen LogP contribution < -0.4 is 29.6 Å². The summed E-state index contributed by atoms with van der Waals surface area (Å²) in [6.45, 7) is 8.22. The smallest absolute Gasteiger partial charge is 0.164 e. The van der Waals surface area contributed by atoms with Crippen LogP contribution in [0.3, 0.4) is 0 Å². The fourth-order valence-electron chi connectivity index (χ4n) is 8.21. The molecule has 0 unspecified atom stereocenters. The van der Waals surface area contributed by atoms with Crippen LogP contribution in [0, 0.1) is 6.92 Å². The van der Waals surface area contributed by atoms with Gasteiger partial charge in [-0.1, -0.05) is 47.5 Å². The lowest BCUT2D eigenvalue weighted by Crippen LogP contribution is -2.45. The van der Waals surface area contributed by atoms with Gasteiger partial charge in [-0.25, -0.2) is 0 Å². The van der Waals surface area contributed by atoms with Gasteiger partial charge in [-0.3, -0.25) is 4.90 Å². The Labute approximate surface area is 322 Å². The van der Waals surface area contributed by atoms with Crippen LogP contribution in [-0.2, 0) is 6.54 Å². The Balaban J connectivity index is 1.06. The fraction of sp³-hybridized carbons (Fsp3) is 0.404. The van der Waals surface area contributed by atoms with Crippen LogP contribution in [0.1, 0.15) is 85.1 Å². The third-order valence-corrected chi connectivity index (χ3v) is 11.4. The van der Waals surface area contributed by atoms with Crippen LogP contribution in [0.2, 0.25) is 0 Å². The molecule has 0 atom stereocenters. The van der Waals surface area contributed by atoms with E-state index in [1.807, 2.05) is 6.07 Å².